The molecule has 0 radical (unpaired) electrons. The van der Waals surface area contributed by atoms with Gasteiger partial charge in [-0.3, -0.25) is 4.79 Å². The Morgan fingerprint density at radius 2 is 2.12 bits per heavy atom. The summed E-state index contributed by atoms with van der Waals surface area (Å²) in [7, 11) is 0. The van der Waals surface area contributed by atoms with E-state index in [1.54, 1.807) is 6.07 Å². The second-order valence-electron chi connectivity index (χ2n) is 4.44. The van der Waals surface area contributed by atoms with Crippen LogP contribution in [0, 0.1) is 6.92 Å². The summed E-state index contributed by atoms with van der Waals surface area (Å²) in [5.41, 5.74) is 8.11. The van der Waals surface area contributed by atoms with Gasteiger partial charge in [0.1, 0.15) is 0 Å². The average molecular weight is 234 g/mol. The highest BCUT2D eigenvalue weighted by Gasteiger charge is 2.11. The molecular weight excluding hydrogens is 212 g/mol. The lowest BCUT2D eigenvalue weighted by atomic mass is 10.1. The summed E-state index contributed by atoms with van der Waals surface area (Å²) in [6, 6.07) is 5.70. The van der Waals surface area contributed by atoms with Crippen molar-refractivity contribution in [3.8, 4) is 0 Å². The van der Waals surface area contributed by atoms with E-state index in [0.29, 0.717) is 11.3 Å². The molecule has 0 aliphatic heterocycles. The molecule has 0 aliphatic carbocycles. The molecule has 3 N–H and O–H groups in total. The number of carbonyl (C=O) groups is 1. The van der Waals surface area contributed by atoms with Gasteiger partial charge < -0.3 is 11.1 Å². The number of nitrogens with two attached hydrogens (primary N) is 1. The standard InChI is InChI=1S/C14H22N2O/c1-4-6-12(5-2)16-14(17)11-8-7-10(3)13(15)9-11/h7-9,12H,4-6,15H2,1-3H3,(H,16,17). The number of benzene rings is 1. The van der Waals surface area contributed by atoms with Crippen molar-refractivity contribution in [2.45, 2.75) is 46.1 Å². The van der Waals surface area contributed by atoms with Gasteiger partial charge in [0, 0.05) is 17.3 Å². The molecule has 3 heteroatoms. The molecule has 0 aliphatic rings. The van der Waals surface area contributed by atoms with Crippen molar-refractivity contribution in [3.05, 3.63) is 29.3 Å². The van der Waals surface area contributed by atoms with Crippen LogP contribution in [0.4, 0.5) is 5.69 Å². The first-order chi connectivity index (χ1) is 8.08. The van der Waals surface area contributed by atoms with Crippen LogP contribution in [-0.4, -0.2) is 11.9 Å². The predicted octanol–water partition coefficient (Wildman–Crippen LogP) is 2.89. The molecule has 1 aromatic carbocycles. The van der Waals surface area contributed by atoms with Gasteiger partial charge >= 0.3 is 0 Å². The lowest BCUT2D eigenvalue weighted by molar-refractivity contribution is 0.0934. The van der Waals surface area contributed by atoms with Gasteiger partial charge in [0.25, 0.3) is 5.91 Å². The molecule has 1 aromatic rings. The molecule has 94 valence electrons. The van der Waals surface area contributed by atoms with Gasteiger partial charge in [-0.2, -0.15) is 0 Å². The van der Waals surface area contributed by atoms with Crippen LogP contribution < -0.4 is 11.1 Å². The fourth-order valence-corrected chi connectivity index (χ4v) is 1.78. The Kier molecular flexibility index (Phi) is 5.01. The maximum atomic E-state index is 12.0. The molecule has 0 saturated heterocycles. The molecule has 1 atom stereocenters. The van der Waals surface area contributed by atoms with E-state index in [2.05, 4.69) is 19.2 Å². The Morgan fingerprint density at radius 3 is 2.65 bits per heavy atom. The molecule has 1 rings (SSSR count). The number of hydrogen-bond donors (Lipinski definition) is 2. The van der Waals surface area contributed by atoms with E-state index in [0.717, 1.165) is 24.8 Å². The zero-order valence-electron chi connectivity index (χ0n) is 10.9. The number of nitrogen functional groups attached to an aromatic ring is 1. The molecular formula is C14H22N2O. The van der Waals surface area contributed by atoms with Crippen LogP contribution in [0.15, 0.2) is 18.2 Å². The number of aryl methyl sites for hydroxylation is 1. The van der Waals surface area contributed by atoms with Crippen molar-refractivity contribution in [2.75, 3.05) is 5.73 Å². The molecule has 0 heterocycles. The average Bonchev–Trinajstić information content (AvgIpc) is 2.31. The van der Waals surface area contributed by atoms with Crippen molar-refractivity contribution in [1.29, 1.82) is 0 Å². The van der Waals surface area contributed by atoms with Crippen LogP contribution in [0.25, 0.3) is 0 Å². The smallest absolute Gasteiger partial charge is 0.251 e. The Bertz CT molecular complexity index is 388. The fraction of sp³-hybridized carbons (Fsp3) is 0.500. The van der Waals surface area contributed by atoms with Crippen LogP contribution in [0.5, 0.6) is 0 Å². The lowest BCUT2D eigenvalue weighted by Gasteiger charge is -2.16. The highest BCUT2D eigenvalue weighted by Crippen LogP contribution is 2.13. The number of anilines is 1. The first kappa shape index (κ1) is 13.6. The summed E-state index contributed by atoms with van der Waals surface area (Å²) in [5.74, 6) is -0.0306. The minimum atomic E-state index is -0.0306. The van der Waals surface area contributed by atoms with Crippen LogP contribution in [0.1, 0.15) is 49.0 Å². The summed E-state index contributed by atoms with van der Waals surface area (Å²) in [6.07, 6.45) is 3.05. The lowest BCUT2D eigenvalue weighted by Crippen LogP contribution is -2.34. The van der Waals surface area contributed by atoms with Crippen molar-refractivity contribution >= 4 is 11.6 Å². The normalized spacial score (nSPS) is 12.2. The molecule has 0 aromatic heterocycles. The van der Waals surface area contributed by atoms with Gasteiger partial charge in [0.2, 0.25) is 0 Å². The fourth-order valence-electron chi connectivity index (χ4n) is 1.78. The third kappa shape index (κ3) is 3.77. The maximum absolute atomic E-state index is 12.0. The zero-order valence-corrected chi connectivity index (χ0v) is 10.9. The molecule has 0 fully saturated rings. The Labute approximate surface area is 103 Å². The summed E-state index contributed by atoms with van der Waals surface area (Å²) in [6.45, 7) is 6.14. The van der Waals surface area contributed by atoms with E-state index in [1.807, 2.05) is 19.1 Å². The third-order valence-corrected chi connectivity index (χ3v) is 3.01. The number of hydrogen-bond acceptors (Lipinski definition) is 2. The van der Waals surface area contributed by atoms with E-state index in [1.165, 1.54) is 0 Å². The van der Waals surface area contributed by atoms with Crippen molar-refractivity contribution in [3.63, 3.8) is 0 Å². The maximum Gasteiger partial charge on any atom is 0.251 e. The third-order valence-electron chi connectivity index (χ3n) is 3.01. The number of nitrogens with one attached hydrogen (secondary N) is 1. The monoisotopic (exact) mass is 234 g/mol. The molecule has 17 heavy (non-hydrogen) atoms. The summed E-state index contributed by atoms with van der Waals surface area (Å²) < 4.78 is 0. The summed E-state index contributed by atoms with van der Waals surface area (Å²) in [5, 5.41) is 3.04. The summed E-state index contributed by atoms with van der Waals surface area (Å²) in [4.78, 5) is 12.0. The van der Waals surface area contributed by atoms with Crippen LogP contribution in [-0.2, 0) is 0 Å². The van der Waals surface area contributed by atoms with Crippen LogP contribution in [0.2, 0.25) is 0 Å². The highest BCUT2D eigenvalue weighted by molar-refractivity contribution is 5.95. The quantitative estimate of drug-likeness (QED) is 0.770. The molecule has 0 bridgehead atoms. The van der Waals surface area contributed by atoms with Crippen LogP contribution in [0.3, 0.4) is 0 Å². The van der Waals surface area contributed by atoms with Crippen LogP contribution >= 0.6 is 0 Å². The largest absolute Gasteiger partial charge is 0.398 e. The van der Waals surface area contributed by atoms with E-state index in [4.69, 9.17) is 5.73 Å². The number of rotatable bonds is 5. The van der Waals surface area contributed by atoms with E-state index >= 15 is 0 Å². The van der Waals surface area contributed by atoms with E-state index < -0.39 is 0 Å². The van der Waals surface area contributed by atoms with Gasteiger partial charge in [-0.25, -0.2) is 0 Å². The topological polar surface area (TPSA) is 55.1 Å². The van der Waals surface area contributed by atoms with E-state index in [-0.39, 0.29) is 11.9 Å². The second kappa shape index (κ2) is 6.28. The van der Waals surface area contributed by atoms with Crippen molar-refractivity contribution < 1.29 is 4.79 Å². The minimum Gasteiger partial charge on any atom is -0.398 e. The van der Waals surface area contributed by atoms with E-state index in [9.17, 15) is 4.79 Å². The highest BCUT2D eigenvalue weighted by atomic mass is 16.1. The molecule has 3 nitrogen and oxygen atoms in total. The van der Waals surface area contributed by atoms with Gasteiger partial charge in [-0.05, 0) is 37.5 Å². The Balaban J connectivity index is 2.72. The SMILES string of the molecule is CCCC(CC)NC(=O)c1ccc(C)c(N)c1. The number of amides is 1. The molecule has 0 spiro atoms. The molecule has 0 saturated carbocycles. The van der Waals surface area contributed by atoms with Gasteiger partial charge in [-0.1, -0.05) is 26.3 Å². The first-order valence-electron chi connectivity index (χ1n) is 6.25. The Morgan fingerprint density at radius 1 is 1.41 bits per heavy atom. The molecule has 1 amide bonds. The van der Waals surface area contributed by atoms with Gasteiger partial charge in [0.05, 0.1) is 0 Å². The minimum absolute atomic E-state index is 0.0306. The van der Waals surface area contributed by atoms with Crippen molar-refractivity contribution in [1.82, 2.24) is 5.32 Å². The number of carbonyl (C=O) groups excluding carboxylic acids is 1. The van der Waals surface area contributed by atoms with Crippen molar-refractivity contribution in [2.24, 2.45) is 0 Å². The first-order valence-corrected chi connectivity index (χ1v) is 6.25. The van der Waals surface area contributed by atoms with Gasteiger partial charge in [0.15, 0.2) is 0 Å². The van der Waals surface area contributed by atoms with Gasteiger partial charge in [-0.15, -0.1) is 0 Å². The summed E-state index contributed by atoms with van der Waals surface area (Å²) >= 11 is 0. The zero-order chi connectivity index (χ0) is 12.8. The second-order valence-corrected chi connectivity index (χ2v) is 4.44. The molecule has 1 unspecified atom stereocenters. The Hall–Kier alpha value is -1.51. The predicted molar refractivity (Wildman–Crippen MR) is 72.0 cm³/mol.